The smallest absolute Gasteiger partial charge is 0.371 e. The number of aromatic carboxylic acids is 1. The van der Waals surface area contributed by atoms with E-state index in [9.17, 15) is 4.79 Å². The van der Waals surface area contributed by atoms with Crippen molar-refractivity contribution >= 4 is 16.7 Å². The lowest BCUT2D eigenvalue weighted by molar-refractivity contribution is 0.0660. The molecule has 0 atom stereocenters. The summed E-state index contributed by atoms with van der Waals surface area (Å²) in [6.45, 7) is 1.20. The van der Waals surface area contributed by atoms with Crippen molar-refractivity contribution in [2.24, 2.45) is 0 Å². The number of nitrogens with one attached hydrogen (secondary N) is 1. The monoisotopic (exact) mass is 281 g/mol. The summed E-state index contributed by atoms with van der Waals surface area (Å²) >= 11 is 0. The molecule has 21 heavy (non-hydrogen) atoms. The Bertz CT molecular complexity index is 771. The molecule has 3 rings (SSSR count). The number of fused-ring (bicyclic) bond motifs is 1. The predicted molar refractivity (Wildman–Crippen MR) is 80.2 cm³/mol. The quantitative estimate of drug-likeness (QED) is 0.752. The van der Waals surface area contributed by atoms with Crippen LogP contribution in [0.2, 0.25) is 0 Å². The third-order valence-electron chi connectivity index (χ3n) is 3.37. The van der Waals surface area contributed by atoms with Crippen molar-refractivity contribution in [2.75, 3.05) is 0 Å². The molecule has 0 aliphatic rings. The van der Waals surface area contributed by atoms with Gasteiger partial charge in [0.1, 0.15) is 5.76 Å². The highest BCUT2D eigenvalue weighted by atomic mass is 16.4. The molecule has 106 valence electrons. The first kappa shape index (κ1) is 13.4. The molecule has 0 radical (unpaired) electrons. The fraction of sp³-hybridized carbons (Fsp3) is 0.118. The molecule has 0 fully saturated rings. The second-order valence-corrected chi connectivity index (χ2v) is 4.81. The number of carboxylic acid groups (broad SMARTS) is 1. The molecule has 0 bridgehead atoms. The maximum atomic E-state index is 10.7. The van der Waals surface area contributed by atoms with E-state index in [-0.39, 0.29) is 5.76 Å². The number of hydrogen-bond acceptors (Lipinski definition) is 3. The van der Waals surface area contributed by atoms with Crippen LogP contribution >= 0.6 is 0 Å². The van der Waals surface area contributed by atoms with E-state index in [2.05, 4.69) is 29.6 Å². The molecule has 0 spiro atoms. The Labute approximate surface area is 122 Å². The first-order valence-electron chi connectivity index (χ1n) is 6.73. The second-order valence-electron chi connectivity index (χ2n) is 4.81. The maximum Gasteiger partial charge on any atom is 0.371 e. The molecule has 0 saturated heterocycles. The van der Waals surface area contributed by atoms with Gasteiger partial charge < -0.3 is 14.8 Å². The molecule has 1 aromatic heterocycles. The number of furan rings is 1. The number of hydrogen-bond donors (Lipinski definition) is 2. The Morgan fingerprint density at radius 1 is 1.00 bits per heavy atom. The van der Waals surface area contributed by atoms with Gasteiger partial charge in [-0.3, -0.25) is 0 Å². The summed E-state index contributed by atoms with van der Waals surface area (Å²) in [6.07, 6.45) is 0. The molecule has 0 aliphatic heterocycles. The van der Waals surface area contributed by atoms with Crippen LogP contribution in [0.3, 0.4) is 0 Å². The summed E-state index contributed by atoms with van der Waals surface area (Å²) in [4.78, 5) is 10.7. The maximum absolute atomic E-state index is 10.7. The highest BCUT2D eigenvalue weighted by Gasteiger charge is 2.08. The van der Waals surface area contributed by atoms with Gasteiger partial charge in [0, 0.05) is 6.54 Å². The van der Waals surface area contributed by atoms with Gasteiger partial charge >= 0.3 is 5.97 Å². The molecular formula is C17H15NO3. The van der Waals surface area contributed by atoms with Crippen LogP contribution in [0.5, 0.6) is 0 Å². The minimum Gasteiger partial charge on any atom is -0.475 e. The van der Waals surface area contributed by atoms with Crippen LogP contribution in [0.1, 0.15) is 21.9 Å². The van der Waals surface area contributed by atoms with Crippen molar-refractivity contribution in [1.82, 2.24) is 5.32 Å². The Morgan fingerprint density at radius 2 is 1.81 bits per heavy atom. The van der Waals surface area contributed by atoms with E-state index in [0.717, 1.165) is 0 Å². The summed E-state index contributed by atoms with van der Waals surface area (Å²) in [6, 6.07) is 17.6. The van der Waals surface area contributed by atoms with E-state index in [1.807, 2.05) is 18.2 Å². The Morgan fingerprint density at radius 3 is 2.62 bits per heavy atom. The van der Waals surface area contributed by atoms with E-state index < -0.39 is 5.97 Å². The molecule has 0 saturated carbocycles. The van der Waals surface area contributed by atoms with Gasteiger partial charge in [-0.05, 0) is 28.5 Å². The summed E-state index contributed by atoms with van der Waals surface area (Å²) in [7, 11) is 0. The number of carbonyl (C=O) groups is 1. The standard InChI is InChI=1S/C17H15NO3/c19-17(20)16-9-8-14(21-16)11-18-10-13-6-3-5-12-4-1-2-7-15(12)13/h1-9,18H,10-11H2,(H,19,20). The molecule has 2 N–H and O–H groups in total. The second kappa shape index (κ2) is 5.81. The average molecular weight is 281 g/mol. The summed E-state index contributed by atoms with van der Waals surface area (Å²) < 4.78 is 5.21. The van der Waals surface area contributed by atoms with Crippen LogP contribution in [-0.2, 0) is 13.1 Å². The molecule has 2 aromatic carbocycles. The minimum atomic E-state index is -1.05. The number of benzene rings is 2. The first-order valence-corrected chi connectivity index (χ1v) is 6.73. The van der Waals surface area contributed by atoms with Crippen molar-refractivity contribution < 1.29 is 14.3 Å². The van der Waals surface area contributed by atoms with Crippen molar-refractivity contribution in [3.8, 4) is 0 Å². The minimum absolute atomic E-state index is 0.0306. The predicted octanol–water partition coefficient (Wildman–Crippen LogP) is 3.42. The summed E-state index contributed by atoms with van der Waals surface area (Å²) in [5, 5.41) is 14.5. The van der Waals surface area contributed by atoms with Crippen LogP contribution in [0.25, 0.3) is 10.8 Å². The van der Waals surface area contributed by atoms with E-state index in [0.29, 0.717) is 18.8 Å². The van der Waals surface area contributed by atoms with Gasteiger partial charge in [0.05, 0.1) is 6.54 Å². The summed E-state index contributed by atoms with van der Waals surface area (Å²) in [5.74, 6) is -0.458. The fourth-order valence-electron chi connectivity index (χ4n) is 2.35. The third kappa shape index (κ3) is 2.95. The lowest BCUT2D eigenvalue weighted by Crippen LogP contribution is -2.12. The van der Waals surface area contributed by atoms with Crippen molar-refractivity contribution in [2.45, 2.75) is 13.1 Å². The zero-order valence-electron chi connectivity index (χ0n) is 11.4. The van der Waals surface area contributed by atoms with Crippen LogP contribution in [0.15, 0.2) is 59.0 Å². The number of rotatable bonds is 5. The highest BCUT2D eigenvalue weighted by molar-refractivity contribution is 5.85. The van der Waals surface area contributed by atoms with Gasteiger partial charge in [-0.1, -0.05) is 42.5 Å². The van der Waals surface area contributed by atoms with Gasteiger partial charge in [0.25, 0.3) is 0 Å². The van der Waals surface area contributed by atoms with E-state index >= 15 is 0 Å². The molecule has 3 aromatic rings. The highest BCUT2D eigenvalue weighted by Crippen LogP contribution is 2.18. The topological polar surface area (TPSA) is 62.5 Å². The van der Waals surface area contributed by atoms with Crippen molar-refractivity contribution in [3.05, 3.63) is 71.7 Å². The van der Waals surface area contributed by atoms with Crippen molar-refractivity contribution in [1.29, 1.82) is 0 Å². The SMILES string of the molecule is O=C(O)c1ccc(CNCc2cccc3ccccc23)o1. The average Bonchev–Trinajstić information content (AvgIpc) is 2.97. The van der Waals surface area contributed by atoms with E-state index in [4.69, 9.17) is 9.52 Å². The van der Waals surface area contributed by atoms with Crippen LogP contribution in [-0.4, -0.2) is 11.1 Å². The van der Waals surface area contributed by atoms with E-state index in [1.165, 1.54) is 22.4 Å². The molecule has 0 unspecified atom stereocenters. The first-order chi connectivity index (χ1) is 10.2. The normalized spacial score (nSPS) is 10.9. The molecule has 4 nitrogen and oxygen atoms in total. The van der Waals surface area contributed by atoms with Crippen LogP contribution in [0.4, 0.5) is 0 Å². The zero-order chi connectivity index (χ0) is 14.7. The Hall–Kier alpha value is -2.59. The van der Waals surface area contributed by atoms with E-state index in [1.54, 1.807) is 6.07 Å². The lowest BCUT2D eigenvalue weighted by atomic mass is 10.0. The lowest BCUT2D eigenvalue weighted by Gasteiger charge is -2.07. The molecule has 1 heterocycles. The van der Waals surface area contributed by atoms with Crippen molar-refractivity contribution in [3.63, 3.8) is 0 Å². The third-order valence-corrected chi connectivity index (χ3v) is 3.37. The number of carboxylic acids is 1. The largest absolute Gasteiger partial charge is 0.475 e. The van der Waals surface area contributed by atoms with Gasteiger partial charge in [-0.2, -0.15) is 0 Å². The van der Waals surface area contributed by atoms with Gasteiger partial charge in [0.2, 0.25) is 5.76 Å². The van der Waals surface area contributed by atoms with Gasteiger partial charge in [0.15, 0.2) is 0 Å². The molecular weight excluding hydrogens is 266 g/mol. The molecule has 0 amide bonds. The van der Waals surface area contributed by atoms with Crippen LogP contribution in [0, 0.1) is 0 Å². The van der Waals surface area contributed by atoms with Gasteiger partial charge in [-0.25, -0.2) is 4.79 Å². The molecule has 4 heteroatoms. The summed E-state index contributed by atoms with van der Waals surface area (Å²) in [5.41, 5.74) is 1.21. The van der Waals surface area contributed by atoms with Crippen LogP contribution < -0.4 is 5.32 Å². The Kier molecular flexibility index (Phi) is 3.71. The molecule has 0 aliphatic carbocycles. The Balaban J connectivity index is 1.68. The van der Waals surface area contributed by atoms with Gasteiger partial charge in [-0.15, -0.1) is 0 Å². The zero-order valence-corrected chi connectivity index (χ0v) is 11.4. The fourth-order valence-corrected chi connectivity index (χ4v) is 2.35.